The zero-order valence-electron chi connectivity index (χ0n) is 11.4. The van der Waals surface area contributed by atoms with E-state index < -0.39 is 0 Å². The highest BCUT2D eigenvalue weighted by Crippen LogP contribution is 2.13. The molecular weight excluding hydrogens is 252 g/mol. The van der Waals surface area contributed by atoms with Gasteiger partial charge in [-0.3, -0.25) is 5.41 Å². The smallest absolute Gasteiger partial charge is 0.122 e. The van der Waals surface area contributed by atoms with E-state index >= 15 is 0 Å². The average Bonchev–Trinajstić information content (AvgIpc) is 2.44. The van der Waals surface area contributed by atoms with Crippen LogP contribution in [0.2, 0.25) is 0 Å². The van der Waals surface area contributed by atoms with Crippen LogP contribution in [0.25, 0.3) is 0 Å². The number of rotatable bonds is 6. The van der Waals surface area contributed by atoms with E-state index in [1.807, 2.05) is 31.2 Å². The van der Waals surface area contributed by atoms with Gasteiger partial charge < -0.3 is 15.2 Å². The molecule has 0 amide bonds. The molecule has 0 radical (unpaired) electrons. The highest BCUT2D eigenvalue weighted by atomic mass is 16.5. The van der Waals surface area contributed by atoms with E-state index in [0.717, 1.165) is 11.5 Å². The molecule has 104 valence electrons. The van der Waals surface area contributed by atoms with Gasteiger partial charge in [-0.15, -0.1) is 0 Å². The molecule has 20 heavy (non-hydrogen) atoms. The van der Waals surface area contributed by atoms with Crippen LogP contribution in [0.3, 0.4) is 0 Å². The number of benzene rings is 2. The molecule has 0 aliphatic rings. The summed E-state index contributed by atoms with van der Waals surface area (Å²) in [6.45, 7) is 2.98. The van der Waals surface area contributed by atoms with Crippen LogP contribution in [-0.4, -0.2) is 19.0 Å². The molecule has 0 saturated heterocycles. The molecule has 0 atom stereocenters. The predicted octanol–water partition coefficient (Wildman–Crippen LogP) is 2.74. The molecule has 0 aliphatic carbocycles. The zero-order chi connectivity index (χ0) is 14.4. The Morgan fingerprint density at radius 1 is 1.00 bits per heavy atom. The van der Waals surface area contributed by atoms with Crippen molar-refractivity contribution in [2.24, 2.45) is 5.73 Å². The third-order valence-electron chi connectivity index (χ3n) is 2.78. The van der Waals surface area contributed by atoms with Gasteiger partial charge >= 0.3 is 0 Å². The van der Waals surface area contributed by atoms with Crippen LogP contribution in [0, 0.1) is 12.3 Å². The highest BCUT2D eigenvalue weighted by molar-refractivity contribution is 5.94. The van der Waals surface area contributed by atoms with Crippen molar-refractivity contribution in [2.75, 3.05) is 13.2 Å². The van der Waals surface area contributed by atoms with Crippen LogP contribution < -0.4 is 15.2 Å². The van der Waals surface area contributed by atoms with Gasteiger partial charge in [-0.2, -0.15) is 0 Å². The van der Waals surface area contributed by atoms with E-state index in [4.69, 9.17) is 20.6 Å². The summed E-state index contributed by atoms with van der Waals surface area (Å²) in [7, 11) is 0. The lowest BCUT2D eigenvalue weighted by Crippen LogP contribution is -2.11. The van der Waals surface area contributed by atoms with Crippen molar-refractivity contribution in [1.29, 1.82) is 5.41 Å². The first kappa shape index (κ1) is 13.9. The van der Waals surface area contributed by atoms with Crippen LogP contribution in [-0.2, 0) is 0 Å². The quantitative estimate of drug-likeness (QED) is 0.482. The Hall–Kier alpha value is -2.49. The van der Waals surface area contributed by atoms with Crippen molar-refractivity contribution in [3.05, 3.63) is 59.7 Å². The Morgan fingerprint density at radius 3 is 2.25 bits per heavy atom. The Morgan fingerprint density at radius 2 is 1.65 bits per heavy atom. The number of hydrogen-bond acceptors (Lipinski definition) is 3. The summed E-state index contributed by atoms with van der Waals surface area (Å²) in [4.78, 5) is 0. The fraction of sp³-hybridized carbons (Fsp3) is 0.188. The zero-order valence-corrected chi connectivity index (χ0v) is 11.4. The standard InChI is InChI=1S/C16H18N2O2/c1-12-3-2-4-15(11-12)20-10-9-19-14-7-5-13(6-8-14)16(17)18/h2-8,11H,9-10H2,1H3,(H3,17,18). The molecule has 0 unspecified atom stereocenters. The van der Waals surface area contributed by atoms with Crippen molar-refractivity contribution < 1.29 is 9.47 Å². The fourth-order valence-electron chi connectivity index (χ4n) is 1.75. The molecule has 0 spiro atoms. The first-order chi connectivity index (χ1) is 9.65. The summed E-state index contributed by atoms with van der Waals surface area (Å²) in [6, 6.07) is 15.0. The molecule has 2 aromatic carbocycles. The van der Waals surface area contributed by atoms with E-state index in [0.29, 0.717) is 18.8 Å². The summed E-state index contributed by atoms with van der Waals surface area (Å²) >= 11 is 0. The second-order valence-electron chi connectivity index (χ2n) is 4.45. The van der Waals surface area contributed by atoms with Crippen LogP contribution in [0.15, 0.2) is 48.5 Å². The van der Waals surface area contributed by atoms with Gasteiger partial charge in [0.25, 0.3) is 0 Å². The van der Waals surface area contributed by atoms with Gasteiger partial charge in [0.05, 0.1) is 0 Å². The molecule has 4 heteroatoms. The second-order valence-corrected chi connectivity index (χ2v) is 4.45. The number of nitrogens with one attached hydrogen (secondary N) is 1. The lowest BCUT2D eigenvalue weighted by Gasteiger charge is -2.09. The maximum Gasteiger partial charge on any atom is 0.122 e. The summed E-state index contributed by atoms with van der Waals surface area (Å²) in [5.74, 6) is 1.64. The Bertz CT molecular complexity index is 579. The van der Waals surface area contributed by atoms with E-state index in [9.17, 15) is 0 Å². The SMILES string of the molecule is Cc1cccc(OCCOc2ccc(C(=N)N)cc2)c1. The van der Waals surface area contributed by atoms with Crippen LogP contribution >= 0.6 is 0 Å². The largest absolute Gasteiger partial charge is 0.490 e. The van der Waals surface area contributed by atoms with Gasteiger partial charge in [-0.1, -0.05) is 12.1 Å². The first-order valence-corrected chi connectivity index (χ1v) is 6.42. The van der Waals surface area contributed by atoms with Crippen molar-refractivity contribution in [3.63, 3.8) is 0 Å². The number of amidine groups is 1. The maximum absolute atomic E-state index is 7.30. The van der Waals surface area contributed by atoms with Crippen molar-refractivity contribution in [2.45, 2.75) is 6.92 Å². The molecule has 3 N–H and O–H groups in total. The third-order valence-corrected chi connectivity index (χ3v) is 2.78. The van der Waals surface area contributed by atoms with Crippen LogP contribution in [0.1, 0.15) is 11.1 Å². The summed E-state index contributed by atoms with van der Waals surface area (Å²) in [6.07, 6.45) is 0. The topological polar surface area (TPSA) is 68.3 Å². The summed E-state index contributed by atoms with van der Waals surface area (Å²) < 4.78 is 11.1. The van der Waals surface area contributed by atoms with Crippen molar-refractivity contribution in [3.8, 4) is 11.5 Å². The van der Waals surface area contributed by atoms with Gasteiger partial charge in [0, 0.05) is 5.56 Å². The molecule has 0 heterocycles. The number of ether oxygens (including phenoxy) is 2. The lowest BCUT2D eigenvalue weighted by atomic mass is 10.2. The van der Waals surface area contributed by atoms with Gasteiger partial charge in [-0.25, -0.2) is 0 Å². The number of aryl methyl sites for hydroxylation is 1. The monoisotopic (exact) mass is 270 g/mol. The van der Waals surface area contributed by atoms with Crippen molar-refractivity contribution >= 4 is 5.84 Å². The van der Waals surface area contributed by atoms with E-state index in [1.54, 1.807) is 24.3 Å². The molecule has 0 aliphatic heterocycles. The van der Waals surface area contributed by atoms with Gasteiger partial charge in [0.2, 0.25) is 0 Å². The molecule has 4 nitrogen and oxygen atoms in total. The first-order valence-electron chi connectivity index (χ1n) is 6.42. The minimum absolute atomic E-state index is 0.0549. The molecule has 0 fully saturated rings. The Labute approximate surface area is 118 Å². The van der Waals surface area contributed by atoms with E-state index in [-0.39, 0.29) is 5.84 Å². The second kappa shape index (κ2) is 6.61. The fourth-order valence-corrected chi connectivity index (χ4v) is 1.75. The number of hydrogen-bond donors (Lipinski definition) is 2. The lowest BCUT2D eigenvalue weighted by molar-refractivity contribution is 0.217. The van der Waals surface area contributed by atoms with E-state index in [2.05, 4.69) is 0 Å². The van der Waals surface area contributed by atoms with Gasteiger partial charge in [-0.05, 0) is 48.9 Å². The van der Waals surface area contributed by atoms with Crippen LogP contribution in [0.5, 0.6) is 11.5 Å². The number of nitrogen functional groups attached to an aromatic ring is 1. The normalized spacial score (nSPS) is 10.1. The molecule has 0 aromatic heterocycles. The Balaban J connectivity index is 1.77. The number of nitrogens with two attached hydrogens (primary N) is 1. The Kier molecular flexibility index (Phi) is 4.60. The molecule has 0 saturated carbocycles. The minimum Gasteiger partial charge on any atom is -0.490 e. The molecule has 0 bridgehead atoms. The van der Waals surface area contributed by atoms with Crippen LogP contribution in [0.4, 0.5) is 0 Å². The predicted molar refractivity (Wildman–Crippen MR) is 79.6 cm³/mol. The summed E-state index contributed by atoms with van der Waals surface area (Å²) in [5, 5.41) is 7.30. The summed E-state index contributed by atoms with van der Waals surface area (Å²) in [5.41, 5.74) is 7.24. The maximum atomic E-state index is 7.30. The third kappa shape index (κ3) is 4.02. The van der Waals surface area contributed by atoms with Gasteiger partial charge in [0.1, 0.15) is 30.5 Å². The van der Waals surface area contributed by atoms with Gasteiger partial charge in [0.15, 0.2) is 0 Å². The molecule has 2 rings (SSSR count). The minimum atomic E-state index is 0.0549. The van der Waals surface area contributed by atoms with Crippen molar-refractivity contribution in [1.82, 2.24) is 0 Å². The van der Waals surface area contributed by atoms with E-state index in [1.165, 1.54) is 5.56 Å². The highest BCUT2D eigenvalue weighted by Gasteiger charge is 1.98. The molecule has 2 aromatic rings. The molecular formula is C16H18N2O2. The average molecular weight is 270 g/mol.